The van der Waals surface area contributed by atoms with Crippen LogP contribution < -0.4 is 10.6 Å². The van der Waals surface area contributed by atoms with Gasteiger partial charge in [-0.05, 0) is 12.8 Å². The molecule has 1 aromatic rings. The number of aliphatic imine (C=N–C) groups is 1. The Balaban J connectivity index is 2.18. The number of hydrogen-bond acceptors (Lipinski definition) is 4. The molecule has 0 fully saturated rings. The van der Waals surface area contributed by atoms with Crippen molar-refractivity contribution in [3.8, 4) is 0 Å². The van der Waals surface area contributed by atoms with Crippen LogP contribution in [0.2, 0.25) is 0 Å². The normalized spacial score (nSPS) is 11.6. The molecule has 5 nitrogen and oxygen atoms in total. The third kappa shape index (κ3) is 6.54. The minimum absolute atomic E-state index is 0.766. The van der Waals surface area contributed by atoms with E-state index < -0.39 is 0 Å². The van der Waals surface area contributed by atoms with Gasteiger partial charge in [0.15, 0.2) is 5.96 Å². The molecule has 108 valence electrons. The standard InChI is InChI=1S/C13H24N4OS/c1-4-12-17-11(10-19-12)6-8-16-13(14-2)15-7-5-9-18-3/h10H,4-9H2,1-3H3,(H2,14,15,16). The van der Waals surface area contributed by atoms with Gasteiger partial charge in [0.2, 0.25) is 0 Å². The zero-order valence-corrected chi connectivity index (χ0v) is 12.8. The fourth-order valence-corrected chi connectivity index (χ4v) is 2.36. The first kappa shape index (κ1) is 15.9. The van der Waals surface area contributed by atoms with Crippen molar-refractivity contribution in [2.75, 3.05) is 33.9 Å². The average Bonchev–Trinajstić information content (AvgIpc) is 2.89. The van der Waals surface area contributed by atoms with E-state index in [9.17, 15) is 0 Å². The maximum absolute atomic E-state index is 5.00. The monoisotopic (exact) mass is 284 g/mol. The van der Waals surface area contributed by atoms with Crippen LogP contribution in [0, 0.1) is 0 Å². The summed E-state index contributed by atoms with van der Waals surface area (Å²) in [5, 5.41) is 9.87. The Bertz CT molecular complexity index is 378. The maximum atomic E-state index is 5.00. The summed E-state index contributed by atoms with van der Waals surface area (Å²) < 4.78 is 5.00. The van der Waals surface area contributed by atoms with Gasteiger partial charge in [-0.3, -0.25) is 4.99 Å². The molecule has 2 N–H and O–H groups in total. The summed E-state index contributed by atoms with van der Waals surface area (Å²) in [7, 11) is 3.50. The van der Waals surface area contributed by atoms with Crippen molar-refractivity contribution >= 4 is 17.3 Å². The highest BCUT2D eigenvalue weighted by Crippen LogP contribution is 2.09. The van der Waals surface area contributed by atoms with Crippen LogP contribution in [0.1, 0.15) is 24.0 Å². The van der Waals surface area contributed by atoms with E-state index in [1.807, 2.05) is 0 Å². The lowest BCUT2D eigenvalue weighted by molar-refractivity contribution is 0.195. The van der Waals surface area contributed by atoms with E-state index in [-0.39, 0.29) is 0 Å². The predicted octanol–water partition coefficient (Wildman–Crippen LogP) is 1.45. The van der Waals surface area contributed by atoms with E-state index in [0.29, 0.717) is 0 Å². The number of thiazole rings is 1. The van der Waals surface area contributed by atoms with Crippen LogP contribution in [0.3, 0.4) is 0 Å². The van der Waals surface area contributed by atoms with Crippen LogP contribution in [-0.2, 0) is 17.6 Å². The molecule has 0 spiro atoms. The average molecular weight is 284 g/mol. The first-order chi connectivity index (χ1) is 9.30. The van der Waals surface area contributed by atoms with E-state index in [0.717, 1.165) is 50.6 Å². The van der Waals surface area contributed by atoms with Crippen molar-refractivity contribution in [2.45, 2.75) is 26.2 Å². The summed E-state index contributed by atoms with van der Waals surface area (Å²) in [6, 6.07) is 0. The minimum Gasteiger partial charge on any atom is -0.385 e. The topological polar surface area (TPSA) is 58.5 Å². The van der Waals surface area contributed by atoms with E-state index in [1.165, 1.54) is 5.01 Å². The Kier molecular flexibility index (Phi) is 8.16. The molecule has 1 heterocycles. The molecule has 19 heavy (non-hydrogen) atoms. The number of nitrogens with one attached hydrogen (secondary N) is 2. The molecule has 0 radical (unpaired) electrons. The maximum Gasteiger partial charge on any atom is 0.190 e. The molecule has 0 aliphatic carbocycles. The van der Waals surface area contributed by atoms with Gasteiger partial charge < -0.3 is 15.4 Å². The Morgan fingerprint density at radius 3 is 2.84 bits per heavy atom. The summed E-state index contributed by atoms with van der Waals surface area (Å²) in [4.78, 5) is 8.71. The van der Waals surface area contributed by atoms with E-state index >= 15 is 0 Å². The molecule has 1 rings (SSSR count). The summed E-state index contributed by atoms with van der Waals surface area (Å²) in [5.74, 6) is 0.835. The second-order valence-corrected chi connectivity index (χ2v) is 5.05. The molecule has 0 aliphatic heterocycles. The van der Waals surface area contributed by atoms with Gasteiger partial charge in [-0.15, -0.1) is 11.3 Å². The second kappa shape index (κ2) is 9.75. The van der Waals surface area contributed by atoms with Gasteiger partial charge in [-0.2, -0.15) is 0 Å². The number of ether oxygens (including phenoxy) is 1. The molecule has 0 saturated heterocycles. The zero-order valence-electron chi connectivity index (χ0n) is 12.0. The van der Waals surface area contributed by atoms with E-state index in [1.54, 1.807) is 25.5 Å². The Hall–Kier alpha value is -1.14. The molecule has 0 atom stereocenters. The van der Waals surface area contributed by atoms with Crippen molar-refractivity contribution in [1.82, 2.24) is 15.6 Å². The highest BCUT2D eigenvalue weighted by Gasteiger charge is 2.01. The van der Waals surface area contributed by atoms with Crippen molar-refractivity contribution in [3.63, 3.8) is 0 Å². The lowest BCUT2D eigenvalue weighted by Gasteiger charge is -2.10. The minimum atomic E-state index is 0.766. The number of hydrogen-bond donors (Lipinski definition) is 2. The van der Waals surface area contributed by atoms with Gasteiger partial charge in [0.05, 0.1) is 10.7 Å². The molecule has 0 unspecified atom stereocenters. The SMILES string of the molecule is CCc1nc(CCNC(=NC)NCCCOC)cs1. The second-order valence-electron chi connectivity index (χ2n) is 4.11. The van der Waals surface area contributed by atoms with Crippen molar-refractivity contribution in [1.29, 1.82) is 0 Å². The highest BCUT2D eigenvalue weighted by molar-refractivity contribution is 7.09. The number of methoxy groups -OCH3 is 1. The summed E-state index contributed by atoms with van der Waals surface area (Å²) >= 11 is 1.73. The zero-order chi connectivity index (χ0) is 13.9. The largest absolute Gasteiger partial charge is 0.385 e. The smallest absolute Gasteiger partial charge is 0.190 e. The summed E-state index contributed by atoms with van der Waals surface area (Å²) in [5.41, 5.74) is 1.16. The third-order valence-corrected chi connectivity index (χ3v) is 3.66. The summed E-state index contributed by atoms with van der Waals surface area (Å²) in [6.07, 6.45) is 2.92. The van der Waals surface area contributed by atoms with Gasteiger partial charge in [-0.25, -0.2) is 4.98 Å². The molecule has 0 bridgehead atoms. The van der Waals surface area contributed by atoms with Crippen LogP contribution >= 0.6 is 11.3 Å². The Morgan fingerprint density at radius 2 is 2.21 bits per heavy atom. The molecule has 0 amide bonds. The first-order valence-corrected chi connectivity index (χ1v) is 7.54. The lowest BCUT2D eigenvalue weighted by atomic mass is 10.3. The molecule has 1 aromatic heterocycles. The van der Waals surface area contributed by atoms with Gasteiger partial charge in [-0.1, -0.05) is 6.92 Å². The van der Waals surface area contributed by atoms with Gasteiger partial charge in [0, 0.05) is 45.7 Å². The van der Waals surface area contributed by atoms with Crippen molar-refractivity contribution < 1.29 is 4.74 Å². The third-order valence-electron chi connectivity index (χ3n) is 2.62. The van der Waals surface area contributed by atoms with E-state index in [2.05, 4.69) is 32.9 Å². The number of aryl methyl sites for hydroxylation is 1. The number of nitrogens with zero attached hydrogens (tertiary/aromatic N) is 2. The molecule has 6 heteroatoms. The van der Waals surface area contributed by atoms with Crippen LogP contribution in [0.4, 0.5) is 0 Å². The van der Waals surface area contributed by atoms with Crippen LogP contribution in [0.5, 0.6) is 0 Å². The van der Waals surface area contributed by atoms with Crippen LogP contribution in [-0.4, -0.2) is 44.8 Å². The van der Waals surface area contributed by atoms with Crippen LogP contribution in [0.25, 0.3) is 0 Å². The summed E-state index contributed by atoms with van der Waals surface area (Å²) in [6.45, 7) is 4.61. The number of guanidine groups is 1. The molecule has 0 aliphatic rings. The Morgan fingerprint density at radius 1 is 1.42 bits per heavy atom. The predicted molar refractivity (Wildman–Crippen MR) is 81.1 cm³/mol. The van der Waals surface area contributed by atoms with Crippen LogP contribution in [0.15, 0.2) is 10.4 Å². The molecule has 0 aromatic carbocycles. The quantitative estimate of drug-likeness (QED) is 0.431. The fourth-order valence-electron chi connectivity index (χ4n) is 1.58. The van der Waals surface area contributed by atoms with Crippen molar-refractivity contribution in [3.05, 3.63) is 16.1 Å². The lowest BCUT2D eigenvalue weighted by Crippen LogP contribution is -2.39. The van der Waals surface area contributed by atoms with Gasteiger partial charge >= 0.3 is 0 Å². The fraction of sp³-hybridized carbons (Fsp3) is 0.692. The molecular formula is C13H24N4OS. The van der Waals surface area contributed by atoms with Gasteiger partial charge in [0.1, 0.15) is 0 Å². The van der Waals surface area contributed by atoms with Crippen molar-refractivity contribution in [2.24, 2.45) is 4.99 Å². The molecule has 0 saturated carbocycles. The first-order valence-electron chi connectivity index (χ1n) is 6.66. The highest BCUT2D eigenvalue weighted by atomic mass is 32.1. The van der Waals surface area contributed by atoms with E-state index in [4.69, 9.17) is 4.74 Å². The number of aromatic nitrogens is 1. The molecular weight excluding hydrogens is 260 g/mol. The van der Waals surface area contributed by atoms with Gasteiger partial charge in [0.25, 0.3) is 0 Å². The Labute approximate surface area is 119 Å². The number of rotatable bonds is 8.